The van der Waals surface area contributed by atoms with Gasteiger partial charge in [0, 0.05) is 32.0 Å². The van der Waals surface area contributed by atoms with Gasteiger partial charge in [-0.3, -0.25) is 9.59 Å². The lowest BCUT2D eigenvalue weighted by Gasteiger charge is -2.32. The molecule has 1 atom stereocenters. The summed E-state index contributed by atoms with van der Waals surface area (Å²) in [6.45, 7) is 1.25. The molecular formula is C27H26FN5O2. The molecule has 1 fully saturated rings. The van der Waals surface area contributed by atoms with Crippen molar-refractivity contribution in [3.63, 3.8) is 0 Å². The van der Waals surface area contributed by atoms with Gasteiger partial charge in [-0.1, -0.05) is 30.3 Å². The van der Waals surface area contributed by atoms with Crippen molar-refractivity contribution in [3.05, 3.63) is 102 Å². The number of carbonyl (C=O) groups excluding carboxylic acids is 2. The Balaban J connectivity index is 1.33. The van der Waals surface area contributed by atoms with Crippen molar-refractivity contribution in [3.8, 4) is 11.5 Å². The van der Waals surface area contributed by atoms with Crippen molar-refractivity contribution >= 4 is 11.8 Å². The molecule has 178 valence electrons. The largest absolute Gasteiger partial charge is 0.352 e. The molecule has 7 nitrogen and oxygen atoms in total. The Morgan fingerprint density at radius 2 is 1.74 bits per heavy atom. The molecule has 1 aliphatic rings. The molecule has 3 heterocycles. The van der Waals surface area contributed by atoms with Gasteiger partial charge in [0.1, 0.15) is 11.4 Å². The molecule has 2 aromatic carbocycles. The van der Waals surface area contributed by atoms with Crippen molar-refractivity contribution < 1.29 is 14.0 Å². The highest BCUT2D eigenvalue weighted by atomic mass is 19.1. The van der Waals surface area contributed by atoms with Crippen LogP contribution in [0.5, 0.6) is 0 Å². The van der Waals surface area contributed by atoms with Gasteiger partial charge < -0.3 is 14.8 Å². The maximum absolute atomic E-state index is 13.6. The fraction of sp³-hybridized carbons (Fsp3) is 0.222. The minimum Gasteiger partial charge on any atom is -0.352 e. The lowest BCUT2D eigenvalue weighted by molar-refractivity contribution is -0.126. The third-order valence-electron chi connectivity index (χ3n) is 6.28. The fourth-order valence-corrected chi connectivity index (χ4v) is 4.46. The van der Waals surface area contributed by atoms with Gasteiger partial charge in [-0.15, -0.1) is 0 Å². The van der Waals surface area contributed by atoms with Crippen molar-refractivity contribution in [2.75, 3.05) is 13.1 Å². The van der Waals surface area contributed by atoms with E-state index < -0.39 is 0 Å². The standard InChI is InChI=1S/C27H26FN5O2/c28-22-12-10-20(11-13-22)17-29-25(34)21-7-6-16-32(19-21)27(35)24-18-30-33(23-8-2-1-3-9-23)26(24)31-14-4-5-15-31/h1-5,8-15,18,21H,6-7,16-17,19H2,(H,29,34)/t21-/m1/s1. The van der Waals surface area contributed by atoms with Crippen LogP contribution in [0.3, 0.4) is 0 Å². The fourth-order valence-electron chi connectivity index (χ4n) is 4.46. The quantitative estimate of drug-likeness (QED) is 0.463. The van der Waals surface area contributed by atoms with Gasteiger partial charge in [-0.2, -0.15) is 5.10 Å². The van der Waals surface area contributed by atoms with Crippen LogP contribution < -0.4 is 5.32 Å². The Bertz CT molecular complexity index is 1300. The number of benzene rings is 2. The molecule has 2 amide bonds. The number of nitrogens with one attached hydrogen (secondary N) is 1. The minimum atomic E-state index is -0.309. The number of amides is 2. The van der Waals surface area contributed by atoms with E-state index in [2.05, 4.69) is 10.4 Å². The topological polar surface area (TPSA) is 72.2 Å². The number of nitrogens with zero attached hydrogens (tertiary/aromatic N) is 4. The predicted molar refractivity (Wildman–Crippen MR) is 130 cm³/mol. The van der Waals surface area contributed by atoms with Gasteiger partial charge in [0.15, 0.2) is 5.82 Å². The highest BCUT2D eigenvalue weighted by Crippen LogP contribution is 2.24. The first-order valence-electron chi connectivity index (χ1n) is 11.7. The summed E-state index contributed by atoms with van der Waals surface area (Å²) in [6.07, 6.45) is 6.83. The number of likely N-dealkylation sites (tertiary alicyclic amines) is 1. The predicted octanol–water partition coefficient (Wildman–Crippen LogP) is 3.97. The van der Waals surface area contributed by atoms with Crippen LogP contribution in [0, 0.1) is 11.7 Å². The van der Waals surface area contributed by atoms with Gasteiger partial charge in [-0.05, 0) is 54.8 Å². The van der Waals surface area contributed by atoms with Crippen LogP contribution in [0.15, 0.2) is 85.3 Å². The van der Waals surface area contributed by atoms with Crippen LogP contribution in [0.1, 0.15) is 28.8 Å². The van der Waals surface area contributed by atoms with Crippen LogP contribution >= 0.6 is 0 Å². The van der Waals surface area contributed by atoms with Gasteiger partial charge in [0.25, 0.3) is 5.91 Å². The van der Waals surface area contributed by atoms with Crippen LogP contribution in [0.2, 0.25) is 0 Å². The first-order valence-corrected chi connectivity index (χ1v) is 11.7. The highest BCUT2D eigenvalue weighted by Gasteiger charge is 2.31. The van der Waals surface area contributed by atoms with Crippen molar-refractivity contribution in [2.45, 2.75) is 19.4 Å². The average Bonchev–Trinajstić information content (AvgIpc) is 3.58. The Hall–Kier alpha value is -4.20. The summed E-state index contributed by atoms with van der Waals surface area (Å²) in [5, 5.41) is 7.45. The van der Waals surface area contributed by atoms with Crippen LogP contribution in [-0.4, -0.2) is 44.2 Å². The van der Waals surface area contributed by atoms with Gasteiger partial charge in [0.2, 0.25) is 5.91 Å². The van der Waals surface area contributed by atoms with Crippen molar-refractivity contribution in [1.82, 2.24) is 24.6 Å². The van der Waals surface area contributed by atoms with E-state index in [1.54, 1.807) is 27.9 Å². The minimum absolute atomic E-state index is 0.0996. The smallest absolute Gasteiger partial charge is 0.259 e. The molecule has 1 saturated heterocycles. The van der Waals surface area contributed by atoms with Gasteiger partial charge >= 0.3 is 0 Å². The molecule has 1 aliphatic heterocycles. The molecule has 0 aliphatic carbocycles. The number of rotatable bonds is 6. The zero-order chi connectivity index (χ0) is 24.2. The second-order valence-electron chi connectivity index (χ2n) is 8.65. The normalized spacial score (nSPS) is 15.7. The summed E-state index contributed by atoms with van der Waals surface area (Å²) < 4.78 is 16.8. The Morgan fingerprint density at radius 1 is 1.00 bits per heavy atom. The Labute approximate surface area is 202 Å². The van der Waals surface area contributed by atoms with Crippen molar-refractivity contribution in [1.29, 1.82) is 0 Å². The Kier molecular flexibility index (Phi) is 6.43. The second-order valence-corrected chi connectivity index (χ2v) is 8.65. The van der Waals surface area contributed by atoms with Gasteiger partial charge in [-0.25, -0.2) is 9.07 Å². The molecule has 0 spiro atoms. The van der Waals surface area contributed by atoms with E-state index >= 15 is 0 Å². The molecule has 4 aromatic rings. The zero-order valence-electron chi connectivity index (χ0n) is 19.2. The van der Waals surface area contributed by atoms with E-state index in [0.717, 1.165) is 17.7 Å². The van der Waals surface area contributed by atoms with Crippen molar-refractivity contribution in [2.24, 2.45) is 5.92 Å². The third-order valence-corrected chi connectivity index (χ3v) is 6.28. The summed E-state index contributed by atoms with van der Waals surface area (Å²) in [5.41, 5.74) is 2.16. The first-order chi connectivity index (χ1) is 17.1. The van der Waals surface area contributed by atoms with E-state index in [4.69, 9.17) is 0 Å². The summed E-state index contributed by atoms with van der Waals surface area (Å²) >= 11 is 0. The molecule has 2 aromatic heterocycles. The Morgan fingerprint density at radius 3 is 2.49 bits per heavy atom. The van der Waals surface area contributed by atoms with E-state index in [-0.39, 0.29) is 23.5 Å². The monoisotopic (exact) mass is 471 g/mol. The SMILES string of the molecule is O=C(NCc1ccc(F)cc1)[C@@H]1CCCN(C(=O)c2cnn(-c3ccccc3)c2-n2cccc2)C1. The van der Waals surface area contributed by atoms with E-state index in [9.17, 15) is 14.0 Å². The van der Waals surface area contributed by atoms with E-state index in [1.807, 2.05) is 59.4 Å². The van der Waals surface area contributed by atoms with E-state index in [1.165, 1.54) is 12.1 Å². The van der Waals surface area contributed by atoms with E-state index in [0.29, 0.717) is 37.4 Å². The molecule has 0 unspecified atom stereocenters. The number of hydrogen-bond acceptors (Lipinski definition) is 3. The summed E-state index contributed by atoms with van der Waals surface area (Å²) in [4.78, 5) is 28.2. The first kappa shape index (κ1) is 22.6. The molecule has 0 saturated carbocycles. The lowest BCUT2D eigenvalue weighted by atomic mass is 9.96. The lowest BCUT2D eigenvalue weighted by Crippen LogP contribution is -2.45. The third kappa shape index (κ3) is 4.87. The maximum Gasteiger partial charge on any atom is 0.259 e. The highest BCUT2D eigenvalue weighted by molar-refractivity contribution is 5.97. The number of halogens is 1. The second kappa shape index (κ2) is 9.97. The summed E-state index contributed by atoms with van der Waals surface area (Å²) in [7, 11) is 0. The molecule has 35 heavy (non-hydrogen) atoms. The van der Waals surface area contributed by atoms with Crippen LogP contribution in [-0.2, 0) is 11.3 Å². The number of para-hydroxylation sites is 1. The van der Waals surface area contributed by atoms with Crippen LogP contribution in [0.4, 0.5) is 4.39 Å². The maximum atomic E-state index is 13.6. The summed E-state index contributed by atoms with van der Waals surface area (Å²) in [5.74, 6) is -0.192. The van der Waals surface area contributed by atoms with Crippen LogP contribution in [0.25, 0.3) is 11.5 Å². The van der Waals surface area contributed by atoms with Gasteiger partial charge in [0.05, 0.1) is 17.8 Å². The number of hydrogen-bond donors (Lipinski definition) is 1. The molecule has 0 radical (unpaired) electrons. The number of carbonyl (C=O) groups is 2. The summed E-state index contributed by atoms with van der Waals surface area (Å²) in [6, 6.07) is 19.5. The molecule has 5 rings (SSSR count). The molecular weight excluding hydrogens is 445 g/mol. The number of piperidine rings is 1. The molecule has 1 N–H and O–H groups in total. The zero-order valence-corrected chi connectivity index (χ0v) is 19.2. The molecule has 0 bridgehead atoms. The molecule has 8 heteroatoms. The average molecular weight is 472 g/mol. The number of aromatic nitrogens is 3.